The molecule has 0 aliphatic rings. The molecular formula is C19H17Cl2NS2. The highest BCUT2D eigenvalue weighted by Crippen LogP contribution is 2.27. The molecule has 0 N–H and O–H groups in total. The van der Waals surface area contributed by atoms with E-state index < -0.39 is 0 Å². The van der Waals surface area contributed by atoms with Gasteiger partial charge in [0.25, 0.3) is 0 Å². The summed E-state index contributed by atoms with van der Waals surface area (Å²) in [7, 11) is 0. The molecule has 0 bridgehead atoms. The van der Waals surface area contributed by atoms with Crippen LogP contribution in [0, 0.1) is 13.8 Å². The van der Waals surface area contributed by atoms with Gasteiger partial charge in [-0.2, -0.15) is 0 Å². The zero-order valence-corrected chi connectivity index (χ0v) is 16.6. The van der Waals surface area contributed by atoms with Crippen molar-refractivity contribution < 1.29 is 0 Å². The first kappa shape index (κ1) is 17.8. The average molecular weight is 394 g/mol. The first-order valence-electron chi connectivity index (χ1n) is 7.58. The molecule has 3 aromatic rings. The van der Waals surface area contributed by atoms with Crippen LogP contribution in [0.2, 0.25) is 10.0 Å². The zero-order chi connectivity index (χ0) is 17.1. The Balaban J connectivity index is 1.62. The van der Waals surface area contributed by atoms with Crippen LogP contribution in [0.15, 0.2) is 46.7 Å². The molecule has 24 heavy (non-hydrogen) atoms. The van der Waals surface area contributed by atoms with E-state index in [1.54, 1.807) is 11.3 Å². The molecule has 1 heterocycles. The Labute approximate surface area is 161 Å². The Hall–Kier alpha value is -1.00. The molecule has 0 aliphatic heterocycles. The predicted octanol–water partition coefficient (Wildman–Crippen LogP) is 6.95. The minimum atomic E-state index is 0.588. The zero-order valence-electron chi connectivity index (χ0n) is 13.5. The van der Waals surface area contributed by atoms with Gasteiger partial charge in [-0.25, -0.2) is 4.98 Å². The van der Waals surface area contributed by atoms with Gasteiger partial charge in [-0.3, -0.25) is 0 Å². The van der Waals surface area contributed by atoms with Gasteiger partial charge >= 0.3 is 0 Å². The van der Waals surface area contributed by atoms with E-state index in [0.717, 1.165) is 28.4 Å². The number of aryl methyl sites for hydroxylation is 2. The van der Waals surface area contributed by atoms with Crippen molar-refractivity contribution in [3.63, 3.8) is 0 Å². The first-order chi connectivity index (χ1) is 11.5. The molecule has 0 saturated heterocycles. The SMILES string of the molecule is Cc1ccc(SCc2csc(Cc3ccc(Cl)c(Cl)c3)n2)cc1C. The van der Waals surface area contributed by atoms with Crippen molar-refractivity contribution in [2.45, 2.75) is 30.9 Å². The third-order valence-corrected chi connectivity index (χ3v) is 6.47. The molecule has 2 aromatic carbocycles. The number of hydrogen-bond acceptors (Lipinski definition) is 3. The Morgan fingerprint density at radius 3 is 2.58 bits per heavy atom. The van der Waals surface area contributed by atoms with Crippen molar-refractivity contribution >= 4 is 46.3 Å². The van der Waals surface area contributed by atoms with Crippen LogP contribution >= 0.6 is 46.3 Å². The van der Waals surface area contributed by atoms with Crippen molar-refractivity contribution in [1.29, 1.82) is 0 Å². The van der Waals surface area contributed by atoms with Crippen LogP contribution in [0.5, 0.6) is 0 Å². The fourth-order valence-electron chi connectivity index (χ4n) is 2.28. The smallest absolute Gasteiger partial charge is 0.0972 e. The lowest BCUT2D eigenvalue weighted by molar-refractivity contribution is 1.09. The number of rotatable bonds is 5. The van der Waals surface area contributed by atoms with Gasteiger partial charge in [0.15, 0.2) is 0 Å². The van der Waals surface area contributed by atoms with Gasteiger partial charge < -0.3 is 0 Å². The molecule has 0 aliphatic carbocycles. The molecule has 124 valence electrons. The number of halogens is 2. The van der Waals surface area contributed by atoms with E-state index in [0.29, 0.717) is 10.0 Å². The second kappa shape index (κ2) is 7.92. The van der Waals surface area contributed by atoms with E-state index >= 15 is 0 Å². The summed E-state index contributed by atoms with van der Waals surface area (Å²) in [6.07, 6.45) is 0.788. The van der Waals surface area contributed by atoms with Crippen molar-refractivity contribution in [3.8, 4) is 0 Å². The largest absolute Gasteiger partial charge is 0.245 e. The lowest BCUT2D eigenvalue weighted by atomic mass is 10.1. The molecule has 0 spiro atoms. The van der Waals surface area contributed by atoms with E-state index in [4.69, 9.17) is 28.2 Å². The van der Waals surface area contributed by atoms with Gasteiger partial charge in [0, 0.05) is 22.4 Å². The fourth-order valence-corrected chi connectivity index (χ4v) is 4.42. The van der Waals surface area contributed by atoms with Crippen LogP contribution in [0.25, 0.3) is 0 Å². The Morgan fingerprint density at radius 2 is 1.83 bits per heavy atom. The van der Waals surface area contributed by atoms with Crippen LogP contribution in [-0.4, -0.2) is 4.98 Å². The highest BCUT2D eigenvalue weighted by Gasteiger charge is 2.06. The summed E-state index contributed by atoms with van der Waals surface area (Å²) in [5, 5.41) is 4.42. The lowest BCUT2D eigenvalue weighted by Gasteiger charge is -2.04. The summed E-state index contributed by atoms with van der Waals surface area (Å²) in [5.74, 6) is 0.889. The number of thiazole rings is 1. The Morgan fingerprint density at radius 1 is 1.00 bits per heavy atom. The minimum absolute atomic E-state index is 0.588. The van der Waals surface area contributed by atoms with Crippen molar-refractivity contribution in [1.82, 2.24) is 4.98 Å². The number of benzene rings is 2. The summed E-state index contributed by atoms with van der Waals surface area (Å²) < 4.78 is 0. The van der Waals surface area contributed by atoms with E-state index in [2.05, 4.69) is 37.4 Å². The van der Waals surface area contributed by atoms with Gasteiger partial charge in [-0.15, -0.1) is 23.1 Å². The summed E-state index contributed by atoms with van der Waals surface area (Å²) in [5.41, 5.74) is 4.92. The maximum Gasteiger partial charge on any atom is 0.0972 e. The molecule has 0 unspecified atom stereocenters. The average Bonchev–Trinajstić information content (AvgIpc) is 3.00. The molecule has 0 saturated carbocycles. The third-order valence-electron chi connectivity index (χ3n) is 3.80. The molecule has 0 amide bonds. The molecule has 1 aromatic heterocycles. The van der Waals surface area contributed by atoms with E-state index in [9.17, 15) is 0 Å². The lowest BCUT2D eigenvalue weighted by Crippen LogP contribution is -1.89. The van der Waals surface area contributed by atoms with Gasteiger partial charge in [0.2, 0.25) is 0 Å². The number of aromatic nitrogens is 1. The molecule has 0 atom stereocenters. The number of thioether (sulfide) groups is 1. The van der Waals surface area contributed by atoms with Crippen LogP contribution in [0.4, 0.5) is 0 Å². The van der Waals surface area contributed by atoms with Gasteiger partial charge in [-0.1, -0.05) is 35.3 Å². The second-order valence-electron chi connectivity index (χ2n) is 5.69. The minimum Gasteiger partial charge on any atom is -0.245 e. The topological polar surface area (TPSA) is 12.9 Å². The monoisotopic (exact) mass is 393 g/mol. The summed E-state index contributed by atoms with van der Waals surface area (Å²) in [6, 6.07) is 12.3. The van der Waals surface area contributed by atoms with E-state index in [-0.39, 0.29) is 0 Å². The van der Waals surface area contributed by atoms with Crippen molar-refractivity contribution in [2.24, 2.45) is 0 Å². The van der Waals surface area contributed by atoms with Crippen LogP contribution < -0.4 is 0 Å². The second-order valence-corrected chi connectivity index (χ2v) is 8.50. The Bertz CT molecular complexity index is 858. The molecule has 0 fully saturated rings. The maximum absolute atomic E-state index is 6.07. The van der Waals surface area contributed by atoms with Crippen LogP contribution in [0.1, 0.15) is 27.4 Å². The predicted molar refractivity (Wildman–Crippen MR) is 107 cm³/mol. The van der Waals surface area contributed by atoms with Crippen LogP contribution in [-0.2, 0) is 12.2 Å². The molecule has 0 radical (unpaired) electrons. The first-order valence-corrected chi connectivity index (χ1v) is 10.2. The van der Waals surface area contributed by atoms with E-state index in [1.807, 2.05) is 30.0 Å². The number of nitrogens with zero attached hydrogens (tertiary/aromatic N) is 1. The van der Waals surface area contributed by atoms with Crippen molar-refractivity contribution in [3.05, 3.63) is 79.2 Å². The Kier molecular flexibility index (Phi) is 5.88. The van der Waals surface area contributed by atoms with Gasteiger partial charge in [0.1, 0.15) is 0 Å². The maximum atomic E-state index is 6.07. The van der Waals surface area contributed by atoms with Crippen molar-refractivity contribution in [2.75, 3.05) is 0 Å². The van der Waals surface area contributed by atoms with Crippen LogP contribution in [0.3, 0.4) is 0 Å². The molecule has 1 nitrogen and oxygen atoms in total. The molecule has 5 heteroatoms. The highest BCUT2D eigenvalue weighted by molar-refractivity contribution is 7.98. The third kappa shape index (κ3) is 4.54. The van der Waals surface area contributed by atoms with Gasteiger partial charge in [-0.05, 0) is 54.8 Å². The fraction of sp³-hybridized carbons (Fsp3) is 0.211. The standard InChI is InChI=1S/C19H17Cl2NS2/c1-12-3-5-16(7-13(12)2)23-10-15-11-24-19(22-15)9-14-4-6-17(20)18(21)8-14/h3-8,11H,9-10H2,1-2H3. The molecular weight excluding hydrogens is 377 g/mol. The quantitative estimate of drug-likeness (QED) is 0.434. The van der Waals surface area contributed by atoms with Gasteiger partial charge in [0.05, 0.1) is 20.7 Å². The number of hydrogen-bond donors (Lipinski definition) is 0. The highest BCUT2D eigenvalue weighted by atomic mass is 35.5. The van der Waals surface area contributed by atoms with E-state index in [1.165, 1.54) is 16.0 Å². The molecule has 3 rings (SSSR count). The summed E-state index contributed by atoms with van der Waals surface area (Å²) in [4.78, 5) is 6.02. The summed E-state index contributed by atoms with van der Waals surface area (Å²) >= 11 is 15.6. The normalized spacial score (nSPS) is 11.0. The summed E-state index contributed by atoms with van der Waals surface area (Å²) in [6.45, 7) is 4.29.